The molecule has 1 amide bonds. The number of nitrogens with zero attached hydrogens (tertiary/aromatic N) is 1. The maximum absolute atomic E-state index is 13.8. The molecule has 0 aliphatic heterocycles. The molecule has 8 heteroatoms. The van der Waals surface area contributed by atoms with Crippen LogP contribution in [0, 0.1) is 0 Å². The first-order valence-electron chi connectivity index (χ1n) is 12.1. The Morgan fingerprint density at radius 1 is 1.03 bits per heavy atom. The zero-order chi connectivity index (χ0) is 25.7. The number of Topliss-reactive ketones (excluding diaryl/α,β-unsaturated/α-hetero) is 1. The summed E-state index contributed by atoms with van der Waals surface area (Å²) in [5.41, 5.74) is 1.47. The number of aromatic nitrogens is 1. The van der Waals surface area contributed by atoms with E-state index in [2.05, 4.69) is 24.5 Å². The highest BCUT2D eigenvalue weighted by atomic mass is 32.1. The summed E-state index contributed by atoms with van der Waals surface area (Å²) in [5, 5.41) is 7.58. The number of ketones is 1. The summed E-state index contributed by atoms with van der Waals surface area (Å²) in [6, 6.07) is 16.8. The summed E-state index contributed by atoms with van der Waals surface area (Å²) in [5.74, 6) is -0.373. The zero-order valence-corrected chi connectivity index (χ0v) is 21.6. The van der Waals surface area contributed by atoms with Crippen LogP contribution in [0.1, 0.15) is 45.9 Å². The van der Waals surface area contributed by atoms with Gasteiger partial charge in [0.05, 0.1) is 33.6 Å². The van der Waals surface area contributed by atoms with Gasteiger partial charge < -0.3 is 15.4 Å². The van der Waals surface area contributed by atoms with Gasteiger partial charge >= 0.3 is 0 Å². The number of pyridine rings is 1. The van der Waals surface area contributed by atoms with Crippen molar-refractivity contribution in [2.45, 2.75) is 39.5 Å². The van der Waals surface area contributed by atoms with Gasteiger partial charge in [0.25, 0.3) is 11.5 Å². The molecule has 0 bridgehead atoms. The molecular formula is C28H31N3O4S. The van der Waals surface area contributed by atoms with Crippen molar-refractivity contribution in [1.82, 2.24) is 15.2 Å². The van der Waals surface area contributed by atoms with Crippen LogP contribution in [-0.4, -0.2) is 42.5 Å². The molecule has 2 heterocycles. The molecule has 0 radical (unpaired) electrons. The monoisotopic (exact) mass is 505 g/mol. The number of carbonyl (C=O) groups is 2. The molecule has 4 aromatic rings. The van der Waals surface area contributed by atoms with E-state index in [1.165, 1.54) is 15.9 Å². The molecule has 2 aromatic carbocycles. The van der Waals surface area contributed by atoms with E-state index in [4.69, 9.17) is 4.74 Å². The maximum Gasteiger partial charge on any atom is 0.261 e. The van der Waals surface area contributed by atoms with Crippen molar-refractivity contribution in [3.63, 3.8) is 0 Å². The average molecular weight is 506 g/mol. The third-order valence-electron chi connectivity index (χ3n) is 5.99. The van der Waals surface area contributed by atoms with E-state index >= 15 is 0 Å². The second-order valence-electron chi connectivity index (χ2n) is 8.96. The van der Waals surface area contributed by atoms with Crippen LogP contribution in [0.25, 0.3) is 21.0 Å². The molecule has 2 aromatic heterocycles. The van der Waals surface area contributed by atoms with Crippen LogP contribution >= 0.6 is 11.3 Å². The molecule has 7 nitrogen and oxygen atoms in total. The van der Waals surface area contributed by atoms with Crippen molar-refractivity contribution in [1.29, 1.82) is 0 Å². The molecule has 188 valence electrons. The van der Waals surface area contributed by atoms with Crippen LogP contribution in [0.4, 0.5) is 0 Å². The first-order chi connectivity index (χ1) is 17.4. The molecule has 4 rings (SSSR count). The van der Waals surface area contributed by atoms with E-state index in [-0.39, 0.29) is 30.4 Å². The Labute approximate surface area is 214 Å². The second-order valence-corrected chi connectivity index (χ2v) is 9.98. The van der Waals surface area contributed by atoms with E-state index in [9.17, 15) is 14.4 Å². The number of ether oxygens (including phenoxy) is 1. The average Bonchev–Trinajstić information content (AvgIpc) is 3.26. The van der Waals surface area contributed by atoms with Gasteiger partial charge in [-0.25, -0.2) is 0 Å². The Morgan fingerprint density at radius 3 is 2.47 bits per heavy atom. The maximum atomic E-state index is 13.8. The molecule has 0 atom stereocenters. The predicted octanol–water partition coefficient (Wildman–Crippen LogP) is 4.36. The number of nitrogens with one attached hydrogen (secondary N) is 2. The van der Waals surface area contributed by atoms with E-state index in [1.807, 2.05) is 30.3 Å². The fourth-order valence-corrected chi connectivity index (χ4v) is 5.52. The van der Waals surface area contributed by atoms with Crippen molar-refractivity contribution in [3.05, 3.63) is 81.0 Å². The molecule has 0 aliphatic carbocycles. The smallest absolute Gasteiger partial charge is 0.261 e. The second kappa shape index (κ2) is 11.6. The van der Waals surface area contributed by atoms with Gasteiger partial charge in [-0.05, 0) is 19.0 Å². The first kappa shape index (κ1) is 25.8. The SMILES string of the molecule is COCc1c(C(=O)NCCCNC(C)C)sc2c1c(=O)n(CC(=O)c1ccccc1)c1ccccc21. The van der Waals surface area contributed by atoms with Crippen LogP contribution in [0.3, 0.4) is 0 Å². The van der Waals surface area contributed by atoms with Gasteiger partial charge in [-0.1, -0.05) is 62.4 Å². The Bertz CT molecular complexity index is 1440. The Morgan fingerprint density at radius 2 is 1.75 bits per heavy atom. The molecule has 2 N–H and O–H groups in total. The third-order valence-corrected chi connectivity index (χ3v) is 7.25. The van der Waals surface area contributed by atoms with Gasteiger partial charge in [-0.2, -0.15) is 0 Å². The number of fused-ring (bicyclic) bond motifs is 3. The number of amides is 1. The topological polar surface area (TPSA) is 89.4 Å². The lowest BCUT2D eigenvalue weighted by molar-refractivity contribution is 0.0949. The number of benzene rings is 2. The minimum absolute atomic E-state index is 0.0913. The normalized spacial score (nSPS) is 11.4. The largest absolute Gasteiger partial charge is 0.380 e. The molecule has 0 spiro atoms. The lowest BCUT2D eigenvalue weighted by Gasteiger charge is -2.12. The Hall–Kier alpha value is -3.33. The lowest BCUT2D eigenvalue weighted by Crippen LogP contribution is -2.30. The van der Waals surface area contributed by atoms with Gasteiger partial charge in [-0.3, -0.25) is 19.0 Å². The van der Waals surface area contributed by atoms with Crippen LogP contribution in [0.15, 0.2) is 59.4 Å². The van der Waals surface area contributed by atoms with E-state index in [0.29, 0.717) is 39.5 Å². The first-order valence-corrected chi connectivity index (χ1v) is 12.9. The number of methoxy groups -OCH3 is 1. The van der Waals surface area contributed by atoms with Crippen molar-refractivity contribution >= 4 is 44.0 Å². The minimum Gasteiger partial charge on any atom is -0.380 e. The van der Waals surface area contributed by atoms with E-state index < -0.39 is 0 Å². The lowest BCUT2D eigenvalue weighted by atomic mass is 10.1. The van der Waals surface area contributed by atoms with Gasteiger partial charge in [0.2, 0.25) is 0 Å². The van der Waals surface area contributed by atoms with Crippen molar-refractivity contribution in [2.75, 3.05) is 20.2 Å². The number of carbonyl (C=O) groups excluding carboxylic acids is 2. The molecule has 0 saturated heterocycles. The van der Waals surface area contributed by atoms with Crippen LogP contribution in [-0.2, 0) is 17.9 Å². The highest BCUT2D eigenvalue weighted by Crippen LogP contribution is 2.35. The molecule has 0 fully saturated rings. The fraction of sp³-hybridized carbons (Fsp3) is 0.321. The number of thiophene rings is 1. The standard InChI is InChI=1S/C28H31N3O4S/c1-18(2)29-14-9-15-30-27(33)26-21(17-35-3)24-25(36-26)20-12-7-8-13-22(20)31(28(24)34)16-23(32)19-10-5-4-6-11-19/h4-8,10-13,18,29H,9,14-17H2,1-3H3,(H,30,33). The van der Waals surface area contributed by atoms with Crippen molar-refractivity contribution in [2.24, 2.45) is 0 Å². The fourth-order valence-electron chi connectivity index (χ4n) is 4.27. The third kappa shape index (κ3) is 5.41. The van der Waals surface area contributed by atoms with Crippen LogP contribution in [0.2, 0.25) is 0 Å². The Kier molecular flexibility index (Phi) is 8.30. The van der Waals surface area contributed by atoms with E-state index in [1.54, 1.807) is 31.4 Å². The minimum atomic E-state index is -0.295. The molecule has 0 aliphatic rings. The number of hydrogen-bond acceptors (Lipinski definition) is 6. The summed E-state index contributed by atoms with van der Waals surface area (Å²) in [6.07, 6.45) is 0.797. The number of para-hydroxylation sites is 1. The molecule has 0 saturated carbocycles. The summed E-state index contributed by atoms with van der Waals surface area (Å²) in [4.78, 5) is 40.5. The molecule has 0 unspecified atom stereocenters. The predicted molar refractivity (Wildman–Crippen MR) is 145 cm³/mol. The van der Waals surface area contributed by atoms with Crippen molar-refractivity contribution in [3.8, 4) is 0 Å². The molecule has 36 heavy (non-hydrogen) atoms. The van der Waals surface area contributed by atoms with Crippen LogP contribution in [0.5, 0.6) is 0 Å². The van der Waals surface area contributed by atoms with Gasteiger partial charge in [0.15, 0.2) is 5.78 Å². The van der Waals surface area contributed by atoms with Gasteiger partial charge in [0, 0.05) is 36.2 Å². The summed E-state index contributed by atoms with van der Waals surface area (Å²) >= 11 is 1.30. The zero-order valence-electron chi connectivity index (χ0n) is 20.8. The number of hydrogen-bond donors (Lipinski definition) is 2. The van der Waals surface area contributed by atoms with E-state index in [0.717, 1.165) is 23.1 Å². The Balaban J connectivity index is 1.77. The van der Waals surface area contributed by atoms with Crippen molar-refractivity contribution < 1.29 is 14.3 Å². The molecular weight excluding hydrogens is 474 g/mol. The summed E-state index contributed by atoms with van der Waals surface area (Å²) in [7, 11) is 1.54. The summed E-state index contributed by atoms with van der Waals surface area (Å²) < 4.78 is 7.66. The quantitative estimate of drug-likeness (QED) is 0.234. The highest BCUT2D eigenvalue weighted by Gasteiger charge is 2.24. The highest BCUT2D eigenvalue weighted by molar-refractivity contribution is 7.22. The number of rotatable bonds is 11. The van der Waals surface area contributed by atoms with Gasteiger partial charge in [-0.15, -0.1) is 11.3 Å². The van der Waals surface area contributed by atoms with Gasteiger partial charge in [0.1, 0.15) is 0 Å². The summed E-state index contributed by atoms with van der Waals surface area (Å²) in [6.45, 7) is 5.52. The van der Waals surface area contributed by atoms with Crippen LogP contribution < -0.4 is 16.2 Å².